The highest BCUT2D eigenvalue weighted by Crippen LogP contribution is 2.24. The van der Waals surface area contributed by atoms with Crippen molar-refractivity contribution in [1.29, 1.82) is 0 Å². The summed E-state index contributed by atoms with van der Waals surface area (Å²) in [4.78, 5) is 12.5. The van der Waals surface area contributed by atoms with Crippen LogP contribution in [0.4, 0.5) is 0 Å². The minimum Gasteiger partial charge on any atom is -0.496 e. The van der Waals surface area contributed by atoms with Crippen molar-refractivity contribution in [3.63, 3.8) is 0 Å². The summed E-state index contributed by atoms with van der Waals surface area (Å²) >= 11 is 6.86. The molecule has 2 rings (SSSR count). The maximum atomic E-state index is 12.5. The first-order valence-corrected chi connectivity index (χ1v) is 8.38. The molecular formula is C15H13Br2O2P. The fourth-order valence-corrected chi connectivity index (χ4v) is 3.09. The molecule has 5 heteroatoms. The van der Waals surface area contributed by atoms with Crippen molar-refractivity contribution in [2.75, 3.05) is 7.11 Å². The Bertz CT molecular complexity index is 656. The Hall–Kier alpha value is -0.700. The van der Waals surface area contributed by atoms with Gasteiger partial charge in [-0.05, 0) is 23.8 Å². The lowest BCUT2D eigenvalue weighted by molar-refractivity contribution is 0.103. The molecule has 0 bridgehead atoms. The van der Waals surface area contributed by atoms with Crippen molar-refractivity contribution in [2.24, 2.45) is 0 Å². The molecular weight excluding hydrogens is 403 g/mol. The largest absolute Gasteiger partial charge is 0.496 e. The Morgan fingerprint density at radius 1 is 1.25 bits per heavy atom. The standard InChI is InChI=1S/C15H13Br2O2P/c1-19-13-7-10(3-5-14(13)20)15(18)11-4-2-9(8-16)6-12(11)17/h2-7H,8,20H2,1H3. The molecule has 0 N–H and O–H groups in total. The summed E-state index contributed by atoms with van der Waals surface area (Å²) in [7, 11) is 4.18. The van der Waals surface area contributed by atoms with Crippen LogP contribution in [-0.2, 0) is 5.33 Å². The molecule has 0 radical (unpaired) electrons. The van der Waals surface area contributed by atoms with Crippen LogP contribution in [0.1, 0.15) is 21.5 Å². The monoisotopic (exact) mass is 414 g/mol. The first kappa shape index (κ1) is 15.7. The topological polar surface area (TPSA) is 26.3 Å². The number of ketones is 1. The minimum absolute atomic E-state index is 0.0266. The Labute approximate surface area is 137 Å². The van der Waals surface area contributed by atoms with Crippen LogP contribution in [0, 0.1) is 0 Å². The second-order valence-corrected chi connectivity index (χ2v) is 6.27. The van der Waals surface area contributed by atoms with Crippen molar-refractivity contribution in [3.05, 3.63) is 57.6 Å². The van der Waals surface area contributed by atoms with Crippen LogP contribution >= 0.6 is 41.1 Å². The average Bonchev–Trinajstić information content (AvgIpc) is 2.47. The second kappa shape index (κ2) is 6.84. The predicted octanol–water partition coefficient (Wildman–Crippen LogP) is 4.08. The molecule has 20 heavy (non-hydrogen) atoms. The lowest BCUT2D eigenvalue weighted by atomic mass is 10.0. The zero-order chi connectivity index (χ0) is 14.7. The van der Waals surface area contributed by atoms with Gasteiger partial charge in [-0.2, -0.15) is 0 Å². The van der Waals surface area contributed by atoms with Crippen molar-refractivity contribution in [1.82, 2.24) is 0 Å². The van der Waals surface area contributed by atoms with E-state index in [1.54, 1.807) is 19.2 Å². The summed E-state index contributed by atoms with van der Waals surface area (Å²) in [5.74, 6) is 0.662. The van der Waals surface area contributed by atoms with E-state index >= 15 is 0 Å². The van der Waals surface area contributed by atoms with E-state index < -0.39 is 0 Å². The van der Waals surface area contributed by atoms with Gasteiger partial charge in [0.25, 0.3) is 0 Å². The first-order chi connectivity index (χ1) is 9.56. The molecule has 2 nitrogen and oxygen atoms in total. The fraction of sp³-hybridized carbons (Fsp3) is 0.133. The highest BCUT2D eigenvalue weighted by Gasteiger charge is 2.14. The van der Waals surface area contributed by atoms with Crippen LogP contribution in [0.2, 0.25) is 0 Å². The molecule has 0 amide bonds. The van der Waals surface area contributed by atoms with E-state index in [0.717, 1.165) is 20.7 Å². The molecule has 0 spiro atoms. The van der Waals surface area contributed by atoms with Gasteiger partial charge in [0.1, 0.15) is 5.75 Å². The van der Waals surface area contributed by atoms with Gasteiger partial charge in [0.15, 0.2) is 5.78 Å². The normalized spacial score (nSPS) is 10.4. The maximum Gasteiger partial charge on any atom is 0.194 e. The number of benzene rings is 2. The molecule has 0 aliphatic heterocycles. The molecule has 1 unspecified atom stereocenters. The molecule has 1 atom stereocenters. The Morgan fingerprint density at radius 2 is 2.00 bits per heavy atom. The smallest absolute Gasteiger partial charge is 0.194 e. The lowest BCUT2D eigenvalue weighted by Crippen LogP contribution is -2.06. The molecule has 0 saturated heterocycles. The van der Waals surface area contributed by atoms with Crippen LogP contribution in [0.15, 0.2) is 40.9 Å². The summed E-state index contributed by atoms with van der Waals surface area (Å²) in [5.41, 5.74) is 2.37. The van der Waals surface area contributed by atoms with Crippen molar-refractivity contribution < 1.29 is 9.53 Å². The van der Waals surface area contributed by atoms with E-state index in [1.165, 1.54) is 0 Å². The van der Waals surface area contributed by atoms with Crippen LogP contribution in [0.25, 0.3) is 0 Å². The molecule has 2 aromatic carbocycles. The molecule has 104 valence electrons. The maximum absolute atomic E-state index is 12.5. The Morgan fingerprint density at radius 3 is 2.60 bits per heavy atom. The molecule has 0 heterocycles. The molecule has 2 aromatic rings. The molecule has 0 aliphatic rings. The molecule has 0 saturated carbocycles. The number of rotatable bonds is 4. The van der Waals surface area contributed by atoms with Crippen molar-refractivity contribution in [3.8, 4) is 5.75 Å². The quantitative estimate of drug-likeness (QED) is 0.427. The van der Waals surface area contributed by atoms with Gasteiger partial charge in [-0.1, -0.05) is 50.1 Å². The summed E-state index contributed by atoms with van der Waals surface area (Å²) in [6.45, 7) is 0. The third-order valence-electron chi connectivity index (χ3n) is 2.93. The SMILES string of the molecule is COc1cc(C(=O)c2ccc(CBr)cc2Br)ccc1P. The molecule has 0 fully saturated rings. The van der Waals surface area contributed by atoms with E-state index in [-0.39, 0.29) is 5.78 Å². The second-order valence-electron chi connectivity index (χ2n) is 4.23. The van der Waals surface area contributed by atoms with Crippen LogP contribution in [0.5, 0.6) is 5.75 Å². The Kier molecular flexibility index (Phi) is 5.36. The summed E-state index contributed by atoms with van der Waals surface area (Å²) in [6.07, 6.45) is 0. The minimum atomic E-state index is -0.0266. The predicted molar refractivity (Wildman–Crippen MR) is 92.5 cm³/mol. The summed E-state index contributed by atoms with van der Waals surface area (Å²) in [5, 5.41) is 1.69. The number of hydrogen-bond donors (Lipinski definition) is 0. The number of alkyl halides is 1. The zero-order valence-corrected chi connectivity index (χ0v) is 15.1. The number of hydrogen-bond acceptors (Lipinski definition) is 2. The summed E-state index contributed by atoms with van der Waals surface area (Å²) in [6, 6.07) is 11.1. The van der Waals surface area contributed by atoms with Gasteiger partial charge in [-0.3, -0.25) is 4.79 Å². The van der Waals surface area contributed by atoms with E-state index in [9.17, 15) is 4.79 Å². The highest BCUT2D eigenvalue weighted by atomic mass is 79.9. The fourth-order valence-electron chi connectivity index (χ4n) is 1.83. The average molecular weight is 416 g/mol. The Balaban J connectivity index is 2.41. The highest BCUT2D eigenvalue weighted by molar-refractivity contribution is 9.10. The van der Waals surface area contributed by atoms with Gasteiger partial charge in [0.05, 0.1) is 7.11 Å². The van der Waals surface area contributed by atoms with Gasteiger partial charge in [-0.25, -0.2) is 0 Å². The van der Waals surface area contributed by atoms with E-state index in [2.05, 4.69) is 41.1 Å². The van der Waals surface area contributed by atoms with Gasteiger partial charge < -0.3 is 4.74 Å². The zero-order valence-electron chi connectivity index (χ0n) is 10.8. The van der Waals surface area contributed by atoms with Crippen LogP contribution < -0.4 is 10.0 Å². The number of methoxy groups -OCH3 is 1. The van der Waals surface area contributed by atoms with E-state index in [4.69, 9.17) is 4.74 Å². The van der Waals surface area contributed by atoms with E-state index in [0.29, 0.717) is 16.9 Å². The third-order valence-corrected chi connectivity index (χ3v) is 4.71. The van der Waals surface area contributed by atoms with Gasteiger partial charge in [0.2, 0.25) is 0 Å². The van der Waals surface area contributed by atoms with Crippen LogP contribution in [-0.4, -0.2) is 12.9 Å². The number of ether oxygens (including phenoxy) is 1. The van der Waals surface area contributed by atoms with Gasteiger partial charge >= 0.3 is 0 Å². The lowest BCUT2D eigenvalue weighted by Gasteiger charge is -2.09. The first-order valence-electron chi connectivity index (χ1n) is 5.89. The number of carbonyl (C=O) groups is 1. The molecule has 0 aromatic heterocycles. The van der Waals surface area contributed by atoms with Gasteiger partial charge in [-0.15, -0.1) is 9.24 Å². The van der Waals surface area contributed by atoms with Crippen molar-refractivity contribution in [2.45, 2.75) is 5.33 Å². The number of carbonyl (C=O) groups excluding carboxylic acids is 1. The number of halogens is 2. The van der Waals surface area contributed by atoms with Crippen LogP contribution in [0.3, 0.4) is 0 Å². The third kappa shape index (κ3) is 3.30. The van der Waals surface area contributed by atoms with Crippen molar-refractivity contribution >= 4 is 52.2 Å². The van der Waals surface area contributed by atoms with E-state index in [1.807, 2.05) is 24.3 Å². The van der Waals surface area contributed by atoms with Gasteiger partial charge in [0, 0.05) is 26.2 Å². The molecule has 0 aliphatic carbocycles. The summed E-state index contributed by atoms with van der Waals surface area (Å²) < 4.78 is 6.05.